The van der Waals surface area contributed by atoms with Crippen LogP contribution in [-0.4, -0.2) is 38.3 Å². The highest BCUT2D eigenvalue weighted by Crippen LogP contribution is 2.25. The number of hydrogen-bond acceptors (Lipinski definition) is 4. The van der Waals surface area contributed by atoms with Gasteiger partial charge in [-0.1, -0.05) is 12.1 Å². The van der Waals surface area contributed by atoms with E-state index in [0.717, 1.165) is 22.2 Å². The monoisotopic (exact) mass is 354 g/mol. The molecule has 2 aromatic carbocycles. The van der Waals surface area contributed by atoms with Gasteiger partial charge in [-0.25, -0.2) is 0 Å². The Labute approximate surface area is 152 Å². The SMILES string of the molecule is COc1ccc2[nH]cc(CCNC(=O)COc3ccccc3OC)c2c1. The Balaban J connectivity index is 1.51. The van der Waals surface area contributed by atoms with Gasteiger partial charge in [-0.05, 0) is 42.3 Å². The van der Waals surface area contributed by atoms with Crippen molar-refractivity contribution in [1.29, 1.82) is 0 Å². The molecule has 136 valence electrons. The Kier molecular flexibility index (Phi) is 5.63. The van der Waals surface area contributed by atoms with Crippen LogP contribution in [0.15, 0.2) is 48.7 Å². The highest BCUT2D eigenvalue weighted by atomic mass is 16.5. The van der Waals surface area contributed by atoms with Crippen molar-refractivity contribution in [3.8, 4) is 17.2 Å². The Bertz CT molecular complexity index is 888. The Morgan fingerprint density at radius 2 is 1.88 bits per heavy atom. The van der Waals surface area contributed by atoms with Gasteiger partial charge in [0, 0.05) is 23.6 Å². The number of H-pyrrole nitrogens is 1. The number of rotatable bonds is 8. The molecule has 1 aromatic heterocycles. The van der Waals surface area contributed by atoms with E-state index in [4.69, 9.17) is 14.2 Å². The first-order valence-electron chi connectivity index (χ1n) is 8.38. The Morgan fingerprint density at radius 3 is 2.65 bits per heavy atom. The summed E-state index contributed by atoms with van der Waals surface area (Å²) in [5, 5.41) is 3.97. The summed E-state index contributed by atoms with van der Waals surface area (Å²) in [5.74, 6) is 1.79. The predicted molar refractivity (Wildman–Crippen MR) is 100 cm³/mol. The van der Waals surface area contributed by atoms with Crippen LogP contribution in [0.1, 0.15) is 5.56 Å². The maximum atomic E-state index is 12.0. The third-order valence-electron chi connectivity index (χ3n) is 4.12. The van der Waals surface area contributed by atoms with Crippen molar-refractivity contribution in [2.75, 3.05) is 27.4 Å². The summed E-state index contributed by atoms with van der Waals surface area (Å²) in [4.78, 5) is 15.2. The number of nitrogens with one attached hydrogen (secondary N) is 2. The van der Waals surface area contributed by atoms with Crippen LogP contribution in [0.25, 0.3) is 10.9 Å². The quantitative estimate of drug-likeness (QED) is 0.652. The van der Waals surface area contributed by atoms with Crippen molar-refractivity contribution in [3.63, 3.8) is 0 Å². The number of hydrogen-bond donors (Lipinski definition) is 2. The van der Waals surface area contributed by atoms with E-state index in [1.165, 1.54) is 0 Å². The zero-order valence-corrected chi connectivity index (χ0v) is 14.9. The zero-order valence-electron chi connectivity index (χ0n) is 14.9. The second-order valence-corrected chi connectivity index (χ2v) is 5.76. The second kappa shape index (κ2) is 8.29. The molecule has 0 aliphatic heterocycles. The number of methoxy groups -OCH3 is 2. The summed E-state index contributed by atoms with van der Waals surface area (Å²) >= 11 is 0. The topological polar surface area (TPSA) is 72.6 Å². The molecular weight excluding hydrogens is 332 g/mol. The summed E-state index contributed by atoms with van der Waals surface area (Å²) in [7, 11) is 3.22. The molecular formula is C20H22N2O4. The fraction of sp³-hybridized carbons (Fsp3) is 0.250. The number of benzene rings is 2. The average molecular weight is 354 g/mol. The number of ether oxygens (including phenoxy) is 3. The fourth-order valence-corrected chi connectivity index (χ4v) is 2.76. The van der Waals surface area contributed by atoms with Crippen LogP contribution in [0.3, 0.4) is 0 Å². The van der Waals surface area contributed by atoms with Crippen LogP contribution in [-0.2, 0) is 11.2 Å². The number of para-hydroxylation sites is 2. The first-order chi connectivity index (χ1) is 12.7. The molecule has 2 N–H and O–H groups in total. The molecule has 0 aliphatic rings. The van der Waals surface area contributed by atoms with Gasteiger partial charge in [-0.3, -0.25) is 4.79 Å². The van der Waals surface area contributed by atoms with Crippen LogP contribution < -0.4 is 19.5 Å². The molecule has 0 saturated carbocycles. The molecule has 0 atom stereocenters. The molecule has 0 fully saturated rings. The molecule has 0 bridgehead atoms. The van der Waals surface area contributed by atoms with Crippen LogP contribution in [0.4, 0.5) is 0 Å². The number of fused-ring (bicyclic) bond motifs is 1. The lowest BCUT2D eigenvalue weighted by Gasteiger charge is -2.10. The summed E-state index contributed by atoms with van der Waals surface area (Å²) in [6, 6.07) is 13.1. The van der Waals surface area contributed by atoms with Crippen LogP contribution >= 0.6 is 0 Å². The van der Waals surface area contributed by atoms with E-state index >= 15 is 0 Å². The van der Waals surface area contributed by atoms with Gasteiger partial charge < -0.3 is 24.5 Å². The standard InChI is InChI=1S/C20H22N2O4/c1-24-15-7-8-17-16(11-15)14(12-22-17)9-10-21-20(23)13-26-19-6-4-3-5-18(19)25-2/h3-8,11-12,22H,9-10,13H2,1-2H3,(H,21,23). The van der Waals surface area contributed by atoms with E-state index in [9.17, 15) is 4.79 Å². The third-order valence-corrected chi connectivity index (χ3v) is 4.12. The van der Waals surface area contributed by atoms with E-state index in [1.54, 1.807) is 26.4 Å². The molecule has 3 rings (SSSR count). The summed E-state index contributed by atoms with van der Waals surface area (Å²) in [6.45, 7) is 0.473. The van der Waals surface area contributed by atoms with E-state index in [2.05, 4.69) is 10.3 Å². The fourth-order valence-electron chi connectivity index (χ4n) is 2.76. The van der Waals surface area contributed by atoms with Crippen molar-refractivity contribution in [2.45, 2.75) is 6.42 Å². The van der Waals surface area contributed by atoms with Gasteiger partial charge in [-0.15, -0.1) is 0 Å². The summed E-state index contributed by atoms with van der Waals surface area (Å²) < 4.78 is 16.0. The molecule has 1 heterocycles. The zero-order chi connectivity index (χ0) is 18.4. The van der Waals surface area contributed by atoms with Gasteiger partial charge in [0.2, 0.25) is 0 Å². The number of carbonyl (C=O) groups is 1. The van der Waals surface area contributed by atoms with E-state index in [0.29, 0.717) is 24.5 Å². The second-order valence-electron chi connectivity index (χ2n) is 5.76. The number of aromatic nitrogens is 1. The summed E-state index contributed by atoms with van der Waals surface area (Å²) in [6.07, 6.45) is 2.68. The highest BCUT2D eigenvalue weighted by molar-refractivity contribution is 5.84. The largest absolute Gasteiger partial charge is 0.497 e. The molecule has 0 unspecified atom stereocenters. The predicted octanol–water partition coefficient (Wildman–Crippen LogP) is 2.92. The lowest BCUT2D eigenvalue weighted by atomic mass is 10.1. The molecule has 3 aromatic rings. The minimum absolute atomic E-state index is 0.0535. The minimum Gasteiger partial charge on any atom is -0.497 e. The summed E-state index contributed by atoms with van der Waals surface area (Å²) in [5.41, 5.74) is 2.18. The molecule has 0 spiro atoms. The van der Waals surface area contributed by atoms with Gasteiger partial charge >= 0.3 is 0 Å². The lowest BCUT2D eigenvalue weighted by Crippen LogP contribution is -2.30. The van der Waals surface area contributed by atoms with Gasteiger partial charge in [0.05, 0.1) is 14.2 Å². The highest BCUT2D eigenvalue weighted by Gasteiger charge is 2.08. The normalized spacial score (nSPS) is 10.5. The minimum atomic E-state index is -0.173. The molecule has 6 heteroatoms. The van der Waals surface area contributed by atoms with Crippen molar-refractivity contribution in [3.05, 3.63) is 54.2 Å². The first-order valence-corrected chi connectivity index (χ1v) is 8.38. The molecule has 0 saturated heterocycles. The van der Waals surface area contributed by atoms with Crippen LogP contribution in [0, 0.1) is 0 Å². The van der Waals surface area contributed by atoms with Gasteiger partial charge in [0.25, 0.3) is 5.91 Å². The van der Waals surface area contributed by atoms with Crippen molar-refractivity contribution < 1.29 is 19.0 Å². The molecule has 0 radical (unpaired) electrons. The molecule has 0 aliphatic carbocycles. The maximum absolute atomic E-state index is 12.0. The Morgan fingerprint density at radius 1 is 1.08 bits per heavy atom. The number of aromatic amines is 1. The molecule has 26 heavy (non-hydrogen) atoms. The van der Waals surface area contributed by atoms with Crippen molar-refractivity contribution in [2.24, 2.45) is 0 Å². The number of amides is 1. The first kappa shape index (κ1) is 17.7. The molecule has 1 amide bonds. The van der Waals surface area contributed by atoms with E-state index in [1.807, 2.05) is 36.5 Å². The van der Waals surface area contributed by atoms with Crippen LogP contribution in [0.5, 0.6) is 17.2 Å². The third kappa shape index (κ3) is 4.08. The molecule has 6 nitrogen and oxygen atoms in total. The van der Waals surface area contributed by atoms with Gasteiger partial charge in [-0.2, -0.15) is 0 Å². The maximum Gasteiger partial charge on any atom is 0.257 e. The van der Waals surface area contributed by atoms with E-state index in [-0.39, 0.29) is 12.5 Å². The average Bonchev–Trinajstić information content (AvgIpc) is 3.08. The van der Waals surface area contributed by atoms with Crippen LogP contribution in [0.2, 0.25) is 0 Å². The smallest absolute Gasteiger partial charge is 0.257 e. The van der Waals surface area contributed by atoms with E-state index < -0.39 is 0 Å². The lowest BCUT2D eigenvalue weighted by molar-refractivity contribution is -0.123. The van der Waals surface area contributed by atoms with Gasteiger partial charge in [0.1, 0.15) is 5.75 Å². The number of carbonyl (C=O) groups excluding carboxylic acids is 1. The van der Waals surface area contributed by atoms with Gasteiger partial charge in [0.15, 0.2) is 18.1 Å². The Hall–Kier alpha value is -3.15. The van der Waals surface area contributed by atoms with Crippen molar-refractivity contribution in [1.82, 2.24) is 10.3 Å². The van der Waals surface area contributed by atoms with Crippen molar-refractivity contribution >= 4 is 16.8 Å².